The molecule has 0 bridgehead atoms. The van der Waals surface area contributed by atoms with Crippen molar-refractivity contribution in [2.75, 3.05) is 19.8 Å². The van der Waals surface area contributed by atoms with E-state index in [0.717, 1.165) is 10.6 Å². The number of fused-ring (bicyclic) bond motifs is 1. The summed E-state index contributed by atoms with van der Waals surface area (Å²) < 4.78 is 6.23. The molecule has 1 aromatic rings. The molecule has 0 fully saturated rings. The predicted molar refractivity (Wildman–Crippen MR) is 55.3 cm³/mol. The molecule has 94 valence electrons. The first kappa shape index (κ1) is 13.2. The predicted octanol–water partition coefficient (Wildman–Crippen LogP) is -1.38. The fourth-order valence-corrected chi connectivity index (χ4v) is 1.80. The summed E-state index contributed by atoms with van der Waals surface area (Å²) in [5, 5.41) is 27.3. The number of carbonyl (C=O) groups is 1. The molecule has 0 saturated heterocycles. The zero-order valence-corrected chi connectivity index (χ0v) is 15.9. The smallest absolute Gasteiger partial charge is 0.336 e. The van der Waals surface area contributed by atoms with E-state index in [-0.39, 0.29) is 18.1 Å². The van der Waals surface area contributed by atoms with E-state index in [1.165, 1.54) is 6.07 Å². The van der Waals surface area contributed by atoms with Gasteiger partial charge >= 0.3 is 5.97 Å². The van der Waals surface area contributed by atoms with Crippen molar-refractivity contribution >= 4 is 5.97 Å². The number of aromatic nitrogens is 1. The Bertz CT molecular complexity index is 522. The van der Waals surface area contributed by atoms with E-state index in [1.807, 2.05) is 0 Å². The summed E-state index contributed by atoms with van der Waals surface area (Å²) in [5.74, 6) is -1.20. The van der Waals surface area contributed by atoms with Crippen molar-refractivity contribution in [3.05, 3.63) is 28.0 Å². The number of hydrogen-bond donors (Lipinski definition) is 3. The Kier molecular flexibility index (Phi) is 3.07. The molecule has 2 rings (SSSR count). The fourth-order valence-electron chi connectivity index (χ4n) is 1.80. The van der Waals surface area contributed by atoms with E-state index in [0.29, 0.717) is 0 Å². The van der Waals surface area contributed by atoms with Crippen molar-refractivity contribution in [3.8, 4) is 5.88 Å². The summed E-state index contributed by atoms with van der Waals surface area (Å²) in [6, 6.07) is 2.12. The van der Waals surface area contributed by atoms with Gasteiger partial charge in [-0.2, -0.15) is 0 Å². The van der Waals surface area contributed by atoms with Crippen molar-refractivity contribution in [1.29, 1.82) is 0 Å². The van der Waals surface area contributed by atoms with E-state index >= 15 is 0 Å². The number of carboxylic acids is 1. The minimum Gasteiger partial charge on any atom is -0.478 e. The summed E-state index contributed by atoms with van der Waals surface area (Å²) >= 11 is 0. The van der Waals surface area contributed by atoms with Crippen LogP contribution in [0.5, 0.6) is 5.88 Å². The molecule has 1 aliphatic rings. The van der Waals surface area contributed by atoms with Crippen molar-refractivity contribution in [2.45, 2.75) is 5.54 Å². The van der Waals surface area contributed by atoms with Crippen LogP contribution in [0.1, 0.15) is 10.4 Å². The van der Waals surface area contributed by atoms with E-state index < -0.39 is 30.3 Å². The number of carboxylic acid groups (broad SMARTS) is 1. The summed E-state index contributed by atoms with van der Waals surface area (Å²) in [6.07, 6.45) is 0. The summed E-state index contributed by atoms with van der Waals surface area (Å²) in [4.78, 5) is 22.5. The Balaban J connectivity index is 0.00000162. The van der Waals surface area contributed by atoms with Crippen LogP contribution in [0.15, 0.2) is 16.9 Å². The molecule has 0 amide bonds. The Labute approximate surface area is 95.5 Å². The van der Waals surface area contributed by atoms with Gasteiger partial charge in [-0.05, 0) is 0 Å². The first-order valence-corrected chi connectivity index (χ1v) is 4.89. The quantitative estimate of drug-likeness (QED) is 0.465. The third-order valence-electron chi connectivity index (χ3n) is 2.80. The monoisotopic (exact) mass is 508 g/mol. The third kappa shape index (κ3) is 1.57. The van der Waals surface area contributed by atoms with E-state index in [1.54, 1.807) is 0 Å². The zero-order valence-electron chi connectivity index (χ0n) is 9.50. The molecule has 1 aliphatic heterocycles. The molecule has 0 aliphatic carbocycles. The van der Waals surface area contributed by atoms with E-state index in [9.17, 15) is 19.8 Å². The topological polar surface area (TPSA) is 109 Å². The van der Waals surface area contributed by atoms with Gasteiger partial charge in [0.05, 0.1) is 18.8 Å². The van der Waals surface area contributed by atoms with Crippen molar-refractivity contribution in [2.24, 2.45) is 0 Å². The normalized spacial score (nSPS) is 15.4. The molecule has 3 N–H and O–H groups in total. The van der Waals surface area contributed by atoms with Gasteiger partial charge in [0, 0.05) is 12.1 Å². The first-order valence-electron chi connectivity index (χ1n) is 4.89. The first-order chi connectivity index (χ1) is 8.04. The number of rotatable bonds is 3. The van der Waals surface area contributed by atoms with Gasteiger partial charge in [-0.1, -0.05) is 0 Å². The molecule has 0 unspecified atom stereocenters. The number of hydrogen-bond acceptors (Lipinski definition) is 5. The van der Waals surface area contributed by atoms with Gasteiger partial charge in [-0.3, -0.25) is 9.36 Å². The fraction of sp³-hybridized carbons (Fsp3) is 0.400. The number of pyridine rings is 1. The second kappa shape index (κ2) is 4.19. The molecule has 2 heterocycles. The number of aromatic carboxylic acids is 1. The molecule has 8 heteroatoms. The Morgan fingerprint density at radius 3 is 2.50 bits per heavy atom. The van der Waals surface area contributed by atoms with Crippen LogP contribution in [-0.4, -0.2) is 45.7 Å². The number of aliphatic hydroxyl groups is 2. The molecule has 0 aromatic carbocycles. The average molecular weight is 508 g/mol. The van der Waals surface area contributed by atoms with Gasteiger partial charge in [0.2, 0.25) is 0 Å². The molecule has 18 heavy (non-hydrogen) atoms. The largest absolute Gasteiger partial charge is 0.478 e. The van der Waals surface area contributed by atoms with Crippen LogP contribution in [-0.2, 0) is 5.54 Å². The van der Waals surface area contributed by atoms with Crippen LogP contribution in [0, 0.1) is 0 Å². The Morgan fingerprint density at radius 2 is 2.00 bits per heavy atom. The average Bonchev–Trinajstić information content (AvgIpc) is 2.69. The SMILES string of the molecule is O=C(O)c1cc2n(c(=O)c1)C(CO)(CO)CO2.[Rf]. The Hall–Kier alpha value is -2.86. The van der Waals surface area contributed by atoms with Gasteiger partial charge in [0.25, 0.3) is 5.56 Å². The number of aliphatic hydroxyl groups excluding tert-OH is 2. The second-order valence-electron chi connectivity index (χ2n) is 3.89. The minimum absolute atomic E-state index is 0. The van der Waals surface area contributed by atoms with Gasteiger partial charge in [0.15, 0.2) is 5.88 Å². The maximum absolute atomic E-state index is 11.8. The molecule has 1 aromatic heterocycles. The van der Waals surface area contributed by atoms with Crippen molar-refractivity contribution in [1.82, 2.24) is 4.57 Å². The van der Waals surface area contributed by atoms with E-state index in [2.05, 4.69) is 0 Å². The zero-order chi connectivity index (χ0) is 12.6. The molecular formula is C10H11NO6Rf. The summed E-state index contributed by atoms with van der Waals surface area (Å²) in [5.41, 5.74) is -2.03. The van der Waals surface area contributed by atoms with Crippen LogP contribution in [0.3, 0.4) is 0 Å². The second-order valence-corrected chi connectivity index (χ2v) is 3.89. The number of ether oxygens (including phenoxy) is 1. The van der Waals surface area contributed by atoms with Gasteiger partial charge in [-0.15, -0.1) is 0 Å². The number of nitrogens with zero attached hydrogens (tertiary/aromatic N) is 1. The third-order valence-corrected chi connectivity index (χ3v) is 2.80. The molecular weight excluding hydrogens is 497 g/mol. The maximum Gasteiger partial charge on any atom is 0.336 e. The van der Waals surface area contributed by atoms with Crippen LogP contribution < -0.4 is 10.3 Å². The maximum atomic E-state index is 11.8. The van der Waals surface area contributed by atoms with Gasteiger partial charge in [-0.25, -0.2) is 4.79 Å². The molecule has 0 spiro atoms. The van der Waals surface area contributed by atoms with Gasteiger partial charge in [0.1, 0.15) is 12.1 Å². The molecule has 7 nitrogen and oxygen atoms in total. The van der Waals surface area contributed by atoms with Gasteiger partial charge < -0.3 is 20.1 Å². The standard InChI is InChI=1S/C10H11NO6.Rf/c12-3-10(4-13)5-17-8-2-6(9(15)16)1-7(14)11(8)10;/h1-2,12-13H,3-5H2,(H,15,16);. The molecule has 0 radical (unpaired) electrons. The minimum atomic E-state index is -1.24. The van der Waals surface area contributed by atoms with E-state index in [4.69, 9.17) is 9.84 Å². The molecule has 0 saturated carbocycles. The van der Waals surface area contributed by atoms with Crippen LogP contribution in [0.4, 0.5) is 0 Å². The van der Waals surface area contributed by atoms with Crippen LogP contribution >= 0.6 is 0 Å². The van der Waals surface area contributed by atoms with Crippen molar-refractivity contribution < 1.29 is 24.9 Å². The summed E-state index contributed by atoms with van der Waals surface area (Å²) in [6.45, 7) is -1.01. The van der Waals surface area contributed by atoms with Crippen LogP contribution in [0.2, 0.25) is 0 Å². The van der Waals surface area contributed by atoms with Crippen molar-refractivity contribution in [3.63, 3.8) is 0 Å². The van der Waals surface area contributed by atoms with Crippen LogP contribution in [0.25, 0.3) is 0 Å². The Morgan fingerprint density at radius 1 is 1.39 bits per heavy atom. The molecule has 0 atom stereocenters. The summed E-state index contributed by atoms with van der Waals surface area (Å²) in [7, 11) is 0.